The summed E-state index contributed by atoms with van der Waals surface area (Å²) in [6.45, 7) is 11.1. The summed E-state index contributed by atoms with van der Waals surface area (Å²) in [4.78, 5) is 2.65. The summed E-state index contributed by atoms with van der Waals surface area (Å²) in [5.74, 6) is 1.26. The van der Waals surface area contributed by atoms with Crippen LogP contribution in [-0.4, -0.2) is 57.7 Å². The first kappa shape index (κ1) is 16.5. The Bertz CT molecular complexity index is 695. The molecule has 1 saturated heterocycles. The Labute approximate surface area is 156 Å². The minimum absolute atomic E-state index is 0.0547. The van der Waals surface area contributed by atoms with Gasteiger partial charge in [0.15, 0.2) is 0 Å². The number of hydrogen-bond acceptors (Lipinski definition) is 4. The lowest BCUT2D eigenvalue weighted by Crippen LogP contribution is -2.68. The maximum Gasteiger partial charge on any atom is 0.0813 e. The highest BCUT2D eigenvalue weighted by Crippen LogP contribution is 2.83. The Morgan fingerprint density at radius 2 is 1.96 bits per heavy atom. The highest BCUT2D eigenvalue weighted by Gasteiger charge is 2.85. The van der Waals surface area contributed by atoms with Crippen molar-refractivity contribution in [3.05, 3.63) is 12.2 Å². The number of aliphatic hydroxyl groups excluding tert-OH is 3. The molecule has 6 fully saturated rings. The number of nitrogens with zero attached hydrogens (tertiary/aromatic N) is 1. The van der Waals surface area contributed by atoms with Crippen LogP contribution in [0.5, 0.6) is 0 Å². The molecule has 0 aromatic heterocycles. The molecule has 0 aromatic rings. The van der Waals surface area contributed by atoms with Gasteiger partial charge in [-0.05, 0) is 67.4 Å². The van der Waals surface area contributed by atoms with Gasteiger partial charge in [0.05, 0.1) is 18.3 Å². The summed E-state index contributed by atoms with van der Waals surface area (Å²) < 4.78 is 0. The molecule has 1 heterocycles. The van der Waals surface area contributed by atoms with Crippen LogP contribution in [0.4, 0.5) is 0 Å². The van der Waals surface area contributed by atoms with Crippen LogP contribution in [0.2, 0.25) is 0 Å². The molecule has 0 amide bonds. The summed E-state index contributed by atoms with van der Waals surface area (Å²) in [6.07, 6.45) is 3.58. The number of rotatable bonds is 1. The number of piperidine rings is 1. The van der Waals surface area contributed by atoms with E-state index in [0.717, 1.165) is 50.8 Å². The van der Waals surface area contributed by atoms with Gasteiger partial charge in [0, 0.05) is 29.3 Å². The van der Waals surface area contributed by atoms with Crippen LogP contribution >= 0.6 is 0 Å². The largest absolute Gasteiger partial charge is 0.392 e. The van der Waals surface area contributed by atoms with Gasteiger partial charge < -0.3 is 15.3 Å². The van der Waals surface area contributed by atoms with Crippen LogP contribution in [0.3, 0.4) is 0 Å². The fraction of sp³-hybridized carbons (Fsp3) is 0.909. The van der Waals surface area contributed by atoms with E-state index in [1.165, 1.54) is 0 Å². The SMILES string of the molecule is C=C1[C@H]2C[C@@]3(C4C[C@@H]5[C@@]6(C)CC[C@H](O)[C@@]5(C4N(CC)C6)[C@@H]3C[C@@H]2O)[C@@H]1O. The molecule has 4 heteroatoms. The molecule has 5 saturated carbocycles. The standard InChI is InChI=1S/C22H33NO3/c1-4-23-10-20(3)6-5-17(25)22-15(20)7-13(18(22)23)21-9-12(11(2)19(21)26)14(24)8-16(21)22/h12-19,24-26H,2,4-10H2,1,3H3/t12-,13?,14+,15-,16-,17+,18?,19-,20+,21+,22+/m1/s1. The van der Waals surface area contributed by atoms with E-state index < -0.39 is 12.2 Å². The van der Waals surface area contributed by atoms with Gasteiger partial charge >= 0.3 is 0 Å². The lowest BCUT2D eigenvalue weighted by molar-refractivity contribution is -0.218. The Morgan fingerprint density at radius 3 is 2.69 bits per heavy atom. The summed E-state index contributed by atoms with van der Waals surface area (Å²) in [5, 5.41) is 33.8. The summed E-state index contributed by atoms with van der Waals surface area (Å²) in [6, 6.07) is 0.373. The fourth-order valence-electron chi connectivity index (χ4n) is 9.97. The van der Waals surface area contributed by atoms with Crippen LogP contribution in [0.15, 0.2) is 12.2 Å². The number of fused-ring (bicyclic) bond motifs is 1. The van der Waals surface area contributed by atoms with Crippen molar-refractivity contribution in [2.24, 2.45) is 39.9 Å². The monoisotopic (exact) mass is 359 g/mol. The second kappa shape index (κ2) is 4.59. The van der Waals surface area contributed by atoms with Gasteiger partial charge in [-0.25, -0.2) is 0 Å². The molecule has 4 nitrogen and oxygen atoms in total. The average Bonchev–Trinajstić information content (AvgIpc) is 3.14. The molecule has 2 spiro atoms. The second-order valence-electron chi connectivity index (χ2n) is 10.9. The third-order valence-corrected chi connectivity index (χ3v) is 10.6. The van der Waals surface area contributed by atoms with Crippen LogP contribution in [0.25, 0.3) is 0 Å². The molecule has 144 valence electrons. The zero-order valence-corrected chi connectivity index (χ0v) is 16.1. The highest BCUT2D eigenvalue weighted by molar-refractivity contribution is 5.39. The van der Waals surface area contributed by atoms with Crippen LogP contribution in [0.1, 0.15) is 46.0 Å². The van der Waals surface area contributed by atoms with Crippen molar-refractivity contribution >= 4 is 0 Å². The predicted octanol–water partition coefficient (Wildman–Crippen LogP) is 1.79. The van der Waals surface area contributed by atoms with E-state index in [-0.39, 0.29) is 34.2 Å². The molecule has 3 N–H and O–H groups in total. The van der Waals surface area contributed by atoms with Gasteiger partial charge in [0.2, 0.25) is 0 Å². The molecular weight excluding hydrogens is 326 g/mol. The molecule has 7 bridgehead atoms. The number of likely N-dealkylation sites (tertiary alicyclic amines) is 1. The van der Waals surface area contributed by atoms with Gasteiger partial charge in [0.1, 0.15) is 0 Å². The summed E-state index contributed by atoms with van der Waals surface area (Å²) in [7, 11) is 0. The molecule has 6 rings (SSSR count). The highest BCUT2D eigenvalue weighted by atomic mass is 16.3. The third-order valence-electron chi connectivity index (χ3n) is 10.6. The van der Waals surface area contributed by atoms with E-state index in [0.29, 0.717) is 17.9 Å². The smallest absolute Gasteiger partial charge is 0.0813 e. The summed E-state index contributed by atoms with van der Waals surface area (Å²) >= 11 is 0. The van der Waals surface area contributed by atoms with Gasteiger partial charge in [-0.3, -0.25) is 4.90 Å². The molecule has 6 aliphatic rings. The molecule has 26 heavy (non-hydrogen) atoms. The molecule has 0 aromatic carbocycles. The molecule has 5 aliphatic carbocycles. The van der Waals surface area contributed by atoms with Crippen molar-refractivity contribution < 1.29 is 15.3 Å². The van der Waals surface area contributed by atoms with Crippen molar-refractivity contribution in [1.82, 2.24) is 4.90 Å². The van der Waals surface area contributed by atoms with E-state index in [4.69, 9.17) is 0 Å². The number of hydrogen-bond donors (Lipinski definition) is 3. The van der Waals surface area contributed by atoms with Gasteiger partial charge in [0.25, 0.3) is 0 Å². The van der Waals surface area contributed by atoms with E-state index in [2.05, 4.69) is 25.3 Å². The van der Waals surface area contributed by atoms with E-state index >= 15 is 0 Å². The van der Waals surface area contributed by atoms with Crippen LogP contribution < -0.4 is 0 Å². The summed E-state index contributed by atoms with van der Waals surface area (Å²) in [5.41, 5.74) is 0.849. The van der Waals surface area contributed by atoms with Gasteiger partial charge in [-0.15, -0.1) is 0 Å². The van der Waals surface area contributed by atoms with E-state index in [9.17, 15) is 15.3 Å². The average molecular weight is 360 g/mol. The quantitative estimate of drug-likeness (QED) is 0.625. The maximum absolute atomic E-state index is 11.5. The zero-order chi connectivity index (χ0) is 18.2. The van der Waals surface area contributed by atoms with Crippen molar-refractivity contribution in [3.8, 4) is 0 Å². The first-order valence-electron chi connectivity index (χ1n) is 10.8. The van der Waals surface area contributed by atoms with E-state index in [1.54, 1.807) is 0 Å². The molecule has 11 atom stereocenters. The lowest BCUT2D eigenvalue weighted by atomic mass is 9.43. The third kappa shape index (κ3) is 1.37. The van der Waals surface area contributed by atoms with Crippen LogP contribution in [-0.2, 0) is 0 Å². The maximum atomic E-state index is 11.5. The van der Waals surface area contributed by atoms with E-state index in [1.807, 2.05) is 0 Å². The van der Waals surface area contributed by atoms with Crippen molar-refractivity contribution in [3.63, 3.8) is 0 Å². The first-order chi connectivity index (χ1) is 12.3. The Hall–Kier alpha value is -0.420. The lowest BCUT2D eigenvalue weighted by Gasteiger charge is -2.65. The fourth-order valence-corrected chi connectivity index (χ4v) is 9.97. The molecule has 2 unspecified atom stereocenters. The number of aliphatic hydroxyl groups is 3. The topological polar surface area (TPSA) is 63.9 Å². The minimum atomic E-state index is -0.500. The minimum Gasteiger partial charge on any atom is -0.392 e. The first-order valence-corrected chi connectivity index (χ1v) is 10.8. The normalized spacial score (nSPS) is 65.5. The molecular formula is C22H33NO3. The zero-order valence-electron chi connectivity index (χ0n) is 16.1. The Balaban J connectivity index is 1.61. The second-order valence-corrected chi connectivity index (χ2v) is 10.9. The van der Waals surface area contributed by atoms with Crippen molar-refractivity contribution in [2.45, 2.75) is 70.3 Å². The molecule has 0 radical (unpaired) electrons. The molecule has 1 aliphatic heterocycles. The van der Waals surface area contributed by atoms with Crippen molar-refractivity contribution in [2.75, 3.05) is 13.1 Å². The van der Waals surface area contributed by atoms with Gasteiger partial charge in [-0.1, -0.05) is 20.4 Å². The van der Waals surface area contributed by atoms with Crippen molar-refractivity contribution in [1.29, 1.82) is 0 Å². The Kier molecular flexibility index (Phi) is 2.92. The van der Waals surface area contributed by atoms with Gasteiger partial charge in [-0.2, -0.15) is 0 Å². The predicted molar refractivity (Wildman–Crippen MR) is 98.2 cm³/mol. The van der Waals surface area contributed by atoms with Crippen LogP contribution in [0, 0.1) is 39.9 Å². The Morgan fingerprint density at radius 1 is 1.19 bits per heavy atom.